The van der Waals surface area contributed by atoms with Gasteiger partial charge in [-0.05, 0) is 24.6 Å². The molecule has 1 aliphatic heterocycles. The second kappa shape index (κ2) is 7.66. The third kappa shape index (κ3) is 3.42. The summed E-state index contributed by atoms with van der Waals surface area (Å²) in [5.41, 5.74) is 2.48. The fraction of sp³-hybridized carbons (Fsp3) is 0.350. The molecular weight excluding hydrogens is 364 g/mol. The lowest BCUT2D eigenvalue weighted by molar-refractivity contribution is 0.0790. The molecular formula is C20H21ClN4O2. The van der Waals surface area contributed by atoms with Crippen LogP contribution in [0.4, 0.5) is 0 Å². The van der Waals surface area contributed by atoms with Gasteiger partial charge < -0.3 is 14.2 Å². The number of benzene rings is 1. The largest absolute Gasteiger partial charge is 0.383 e. The van der Waals surface area contributed by atoms with Crippen LogP contribution in [0.3, 0.4) is 0 Å². The maximum atomic E-state index is 12.9. The molecule has 3 aromatic rings. The second-order valence-corrected chi connectivity index (χ2v) is 7.10. The number of carbonyl (C=O) groups is 1. The van der Waals surface area contributed by atoms with Crippen molar-refractivity contribution >= 4 is 28.5 Å². The van der Waals surface area contributed by atoms with E-state index in [4.69, 9.17) is 21.3 Å². The summed E-state index contributed by atoms with van der Waals surface area (Å²) in [5.74, 6) is 1.15. The molecule has 0 spiro atoms. The molecule has 0 saturated carbocycles. The Kier molecular flexibility index (Phi) is 5.09. The van der Waals surface area contributed by atoms with Crippen LogP contribution in [0.25, 0.3) is 11.0 Å². The van der Waals surface area contributed by atoms with Crippen LogP contribution in [0.2, 0.25) is 5.02 Å². The summed E-state index contributed by atoms with van der Waals surface area (Å²) in [4.78, 5) is 23.8. The van der Waals surface area contributed by atoms with E-state index >= 15 is 0 Å². The number of hydrogen-bond donors (Lipinski definition) is 0. The number of nitrogens with zero attached hydrogens (tertiary/aromatic N) is 4. The summed E-state index contributed by atoms with van der Waals surface area (Å²) in [6.07, 6.45) is 4.46. The molecule has 1 saturated heterocycles. The number of amides is 1. The molecule has 4 rings (SSSR count). The van der Waals surface area contributed by atoms with E-state index in [0.717, 1.165) is 23.3 Å². The number of fused-ring (bicyclic) bond motifs is 1. The van der Waals surface area contributed by atoms with E-state index in [-0.39, 0.29) is 11.8 Å². The fourth-order valence-electron chi connectivity index (χ4n) is 3.68. The number of pyridine rings is 1. The van der Waals surface area contributed by atoms with Gasteiger partial charge in [0, 0.05) is 38.9 Å². The molecule has 1 aliphatic rings. The molecule has 140 valence electrons. The summed E-state index contributed by atoms with van der Waals surface area (Å²) in [7, 11) is 1.69. The van der Waals surface area contributed by atoms with E-state index in [1.807, 2.05) is 29.3 Å². The molecule has 0 radical (unpaired) electrons. The Hall–Kier alpha value is -2.44. The van der Waals surface area contributed by atoms with Crippen LogP contribution in [0.15, 0.2) is 42.7 Å². The van der Waals surface area contributed by atoms with Crippen molar-refractivity contribution in [3.8, 4) is 0 Å². The first-order valence-electron chi connectivity index (χ1n) is 9.02. The minimum Gasteiger partial charge on any atom is -0.383 e. The normalized spacial score (nSPS) is 17.0. The molecule has 0 N–H and O–H groups in total. The number of hydrogen-bond acceptors (Lipinski definition) is 4. The Morgan fingerprint density at radius 3 is 3.00 bits per heavy atom. The van der Waals surface area contributed by atoms with Gasteiger partial charge in [0.15, 0.2) is 0 Å². The van der Waals surface area contributed by atoms with Crippen LogP contribution in [-0.2, 0) is 11.3 Å². The van der Waals surface area contributed by atoms with Crippen molar-refractivity contribution in [1.82, 2.24) is 19.4 Å². The zero-order valence-electron chi connectivity index (χ0n) is 15.1. The zero-order chi connectivity index (χ0) is 18.8. The Bertz CT molecular complexity index is 972. The van der Waals surface area contributed by atoms with Gasteiger partial charge >= 0.3 is 0 Å². The predicted octanol–water partition coefficient (Wildman–Crippen LogP) is 3.36. The van der Waals surface area contributed by atoms with Crippen LogP contribution in [0.5, 0.6) is 0 Å². The van der Waals surface area contributed by atoms with Gasteiger partial charge in [0.2, 0.25) is 0 Å². The first kappa shape index (κ1) is 17.9. The van der Waals surface area contributed by atoms with Crippen molar-refractivity contribution in [2.24, 2.45) is 0 Å². The average molecular weight is 385 g/mol. The van der Waals surface area contributed by atoms with Crippen LogP contribution in [0.1, 0.15) is 28.5 Å². The Labute approximate surface area is 162 Å². The van der Waals surface area contributed by atoms with Gasteiger partial charge in [0.05, 0.1) is 34.4 Å². The summed E-state index contributed by atoms with van der Waals surface area (Å²) < 4.78 is 7.43. The minimum absolute atomic E-state index is 0.0238. The molecule has 7 heteroatoms. The maximum absolute atomic E-state index is 12.9. The highest BCUT2D eigenvalue weighted by Gasteiger charge is 2.32. The fourth-order valence-corrected chi connectivity index (χ4v) is 3.89. The van der Waals surface area contributed by atoms with E-state index in [0.29, 0.717) is 36.8 Å². The molecule has 1 atom stereocenters. The van der Waals surface area contributed by atoms with Crippen LogP contribution >= 0.6 is 11.6 Å². The highest BCUT2D eigenvalue weighted by Crippen LogP contribution is 2.31. The molecule has 1 amide bonds. The predicted molar refractivity (Wildman–Crippen MR) is 104 cm³/mol. The molecule has 27 heavy (non-hydrogen) atoms. The number of aromatic nitrogens is 3. The number of likely N-dealkylation sites (tertiary alicyclic amines) is 1. The van der Waals surface area contributed by atoms with E-state index < -0.39 is 0 Å². The Morgan fingerprint density at radius 1 is 1.33 bits per heavy atom. The second-order valence-electron chi connectivity index (χ2n) is 6.70. The highest BCUT2D eigenvalue weighted by molar-refractivity contribution is 6.33. The van der Waals surface area contributed by atoms with Gasteiger partial charge in [0.1, 0.15) is 5.82 Å². The van der Waals surface area contributed by atoms with Gasteiger partial charge in [-0.15, -0.1) is 0 Å². The van der Waals surface area contributed by atoms with Crippen molar-refractivity contribution in [3.05, 3.63) is 59.1 Å². The first-order valence-corrected chi connectivity index (χ1v) is 9.39. The van der Waals surface area contributed by atoms with Crippen LogP contribution in [-0.4, -0.2) is 52.1 Å². The lowest BCUT2D eigenvalue weighted by Crippen LogP contribution is -2.29. The number of methoxy groups -OCH3 is 1. The number of halogens is 1. The molecule has 3 heterocycles. The van der Waals surface area contributed by atoms with Crippen LogP contribution in [0, 0.1) is 0 Å². The monoisotopic (exact) mass is 384 g/mol. The summed E-state index contributed by atoms with van der Waals surface area (Å²) in [6.45, 7) is 2.64. The lowest BCUT2D eigenvalue weighted by Gasteiger charge is -2.18. The summed E-state index contributed by atoms with van der Waals surface area (Å²) >= 11 is 6.20. The van der Waals surface area contributed by atoms with Crippen molar-refractivity contribution < 1.29 is 9.53 Å². The van der Waals surface area contributed by atoms with Crippen molar-refractivity contribution in [1.29, 1.82) is 0 Å². The highest BCUT2D eigenvalue weighted by atomic mass is 35.5. The minimum atomic E-state index is -0.0238. The molecule has 0 unspecified atom stereocenters. The van der Waals surface area contributed by atoms with Crippen molar-refractivity contribution in [2.45, 2.75) is 18.9 Å². The van der Waals surface area contributed by atoms with E-state index in [1.165, 1.54) is 0 Å². The number of imidazole rings is 1. The van der Waals surface area contributed by atoms with Gasteiger partial charge in [-0.1, -0.05) is 23.7 Å². The first-order chi connectivity index (χ1) is 13.2. The quantitative estimate of drug-likeness (QED) is 0.676. The van der Waals surface area contributed by atoms with Gasteiger partial charge in [-0.25, -0.2) is 4.98 Å². The van der Waals surface area contributed by atoms with Crippen molar-refractivity contribution in [3.63, 3.8) is 0 Å². The molecule has 1 fully saturated rings. The third-order valence-electron chi connectivity index (χ3n) is 5.04. The molecule has 1 aromatic carbocycles. The molecule has 2 aromatic heterocycles. The lowest BCUT2D eigenvalue weighted by atomic mass is 10.1. The smallest absolute Gasteiger partial charge is 0.255 e. The average Bonchev–Trinajstić information content (AvgIpc) is 3.31. The third-order valence-corrected chi connectivity index (χ3v) is 5.37. The molecule has 0 bridgehead atoms. The van der Waals surface area contributed by atoms with E-state index in [2.05, 4.69) is 9.55 Å². The Balaban J connectivity index is 1.60. The summed E-state index contributed by atoms with van der Waals surface area (Å²) in [6, 6.07) is 9.11. The standard InChI is InChI=1S/C20H21ClN4O2/c1-27-11-10-25-18-12-22-8-6-17(18)23-19(25)14-7-9-24(13-14)20(26)15-4-2-3-5-16(15)21/h2-6,8,12,14H,7,9-11,13H2,1H3/t14-/m1/s1. The maximum Gasteiger partial charge on any atom is 0.255 e. The van der Waals surface area contributed by atoms with E-state index in [1.54, 1.807) is 25.4 Å². The van der Waals surface area contributed by atoms with Crippen molar-refractivity contribution in [2.75, 3.05) is 26.8 Å². The summed E-state index contributed by atoms with van der Waals surface area (Å²) in [5, 5.41) is 0.490. The SMILES string of the molecule is COCCn1c([C@@H]2CCN(C(=O)c3ccccc3Cl)C2)nc2ccncc21. The van der Waals surface area contributed by atoms with Gasteiger partial charge in [-0.3, -0.25) is 9.78 Å². The van der Waals surface area contributed by atoms with Gasteiger partial charge in [-0.2, -0.15) is 0 Å². The topological polar surface area (TPSA) is 60.2 Å². The molecule has 0 aliphatic carbocycles. The zero-order valence-corrected chi connectivity index (χ0v) is 15.9. The number of rotatable bonds is 5. The molecule has 6 nitrogen and oxygen atoms in total. The van der Waals surface area contributed by atoms with Crippen LogP contribution < -0.4 is 0 Å². The number of carbonyl (C=O) groups excluding carboxylic acids is 1. The van der Waals surface area contributed by atoms with Gasteiger partial charge in [0.25, 0.3) is 5.91 Å². The van der Waals surface area contributed by atoms with E-state index in [9.17, 15) is 4.79 Å². The Morgan fingerprint density at radius 2 is 2.19 bits per heavy atom. The number of ether oxygens (including phenoxy) is 1.